The monoisotopic (exact) mass is 344 g/mol. The van der Waals surface area contributed by atoms with Crippen LogP contribution in [0, 0.1) is 9.62 Å². The number of aryl methyl sites for hydroxylation is 1. The van der Waals surface area contributed by atoms with Crippen LogP contribution in [0.5, 0.6) is 0 Å². The van der Waals surface area contributed by atoms with Crippen molar-refractivity contribution in [2.75, 3.05) is 0 Å². The van der Waals surface area contributed by atoms with Crippen molar-refractivity contribution >= 4 is 22.6 Å². The first-order valence-corrected chi connectivity index (χ1v) is 6.79. The minimum atomic E-state index is 0.670. The van der Waals surface area contributed by atoms with Crippen LogP contribution in [0.3, 0.4) is 0 Å². The summed E-state index contributed by atoms with van der Waals surface area (Å²) in [6.45, 7) is 0. The third kappa shape index (κ3) is 2.67. The minimum absolute atomic E-state index is 0.670. The Bertz CT molecular complexity index is 529. The molecule has 0 saturated heterocycles. The van der Waals surface area contributed by atoms with Gasteiger partial charge in [-0.05, 0) is 47.8 Å². The van der Waals surface area contributed by atoms with Gasteiger partial charge in [0.15, 0.2) is 0 Å². The van der Waals surface area contributed by atoms with Crippen molar-refractivity contribution in [3.8, 4) is 0 Å². The van der Waals surface area contributed by atoms with Gasteiger partial charge in [-0.25, -0.2) is 0 Å². The zero-order valence-corrected chi connectivity index (χ0v) is 11.7. The summed E-state index contributed by atoms with van der Waals surface area (Å²) in [6, 6.07) is 2.04. The first kappa shape index (κ1) is 11.2. The molecule has 0 aromatic carbocycles. The number of aromatic nitrogens is 4. The van der Waals surface area contributed by atoms with Crippen molar-refractivity contribution in [3.05, 3.63) is 26.9 Å². The summed E-state index contributed by atoms with van der Waals surface area (Å²) in [4.78, 5) is 1.58. The maximum absolute atomic E-state index is 5.33. The van der Waals surface area contributed by atoms with E-state index in [-0.39, 0.29) is 0 Å². The Hall–Kier alpha value is -0.920. The smallest absolute Gasteiger partial charge is 0.147 e. The van der Waals surface area contributed by atoms with E-state index in [1.54, 1.807) is 4.80 Å². The molecule has 5 nitrogen and oxygen atoms in total. The molecule has 17 heavy (non-hydrogen) atoms. The quantitative estimate of drug-likeness (QED) is 0.796. The lowest BCUT2D eigenvalue weighted by Crippen LogP contribution is -1.93. The highest BCUT2D eigenvalue weighted by Crippen LogP contribution is 2.32. The maximum Gasteiger partial charge on any atom is 0.147 e. The molecule has 0 unspecified atom stereocenters. The molecule has 90 valence electrons. The van der Waals surface area contributed by atoms with Gasteiger partial charge in [-0.3, -0.25) is 0 Å². The van der Waals surface area contributed by atoms with Crippen LogP contribution in [-0.2, 0) is 19.9 Å². The van der Waals surface area contributed by atoms with Crippen LogP contribution in [0.2, 0.25) is 0 Å². The average Bonchev–Trinajstić information content (AvgIpc) is 2.88. The Kier molecular flexibility index (Phi) is 2.89. The Morgan fingerprint density at radius 3 is 2.94 bits per heavy atom. The molecule has 1 aliphatic rings. The molecule has 3 rings (SSSR count). The molecule has 1 saturated carbocycles. The highest BCUT2D eigenvalue weighted by molar-refractivity contribution is 14.1. The number of hydrogen-bond acceptors (Lipinski definition) is 4. The highest BCUT2D eigenvalue weighted by Gasteiger charge is 2.23. The van der Waals surface area contributed by atoms with E-state index in [0.29, 0.717) is 6.42 Å². The fraction of sp³-hybridized carbons (Fsp3) is 0.545. The van der Waals surface area contributed by atoms with E-state index in [2.05, 4.69) is 37.9 Å². The van der Waals surface area contributed by atoms with E-state index in [4.69, 9.17) is 4.52 Å². The third-order valence-electron chi connectivity index (χ3n) is 2.88. The van der Waals surface area contributed by atoms with E-state index in [9.17, 15) is 0 Å². The second-order valence-corrected chi connectivity index (χ2v) is 5.56. The summed E-state index contributed by atoms with van der Waals surface area (Å²) >= 11 is 2.19. The lowest BCUT2D eigenvalue weighted by molar-refractivity contribution is 0.381. The molecule has 2 aromatic rings. The largest absolute Gasteiger partial charge is 0.361 e. The number of halogens is 1. The summed E-state index contributed by atoms with van der Waals surface area (Å²) in [5.41, 5.74) is 2.02. The molecule has 0 amide bonds. The van der Waals surface area contributed by atoms with Crippen LogP contribution in [0.1, 0.15) is 30.0 Å². The van der Waals surface area contributed by atoms with Gasteiger partial charge in [-0.15, -0.1) is 5.10 Å². The normalized spacial score (nSPS) is 15.4. The number of hydrogen-bond donors (Lipinski definition) is 0. The van der Waals surface area contributed by atoms with Crippen LogP contribution in [0.4, 0.5) is 0 Å². The molecule has 0 bridgehead atoms. The van der Waals surface area contributed by atoms with E-state index in [1.807, 2.05) is 13.1 Å². The fourth-order valence-corrected chi connectivity index (χ4v) is 2.46. The van der Waals surface area contributed by atoms with Gasteiger partial charge in [0.25, 0.3) is 0 Å². The molecule has 1 fully saturated rings. The minimum Gasteiger partial charge on any atom is -0.361 e. The summed E-state index contributed by atoms with van der Waals surface area (Å²) < 4.78 is 6.25. The number of rotatable bonds is 4. The molecule has 0 spiro atoms. The Labute approximate surface area is 113 Å². The van der Waals surface area contributed by atoms with Crippen LogP contribution in [-0.4, -0.2) is 20.2 Å². The van der Waals surface area contributed by atoms with Crippen molar-refractivity contribution in [2.45, 2.75) is 25.7 Å². The van der Waals surface area contributed by atoms with Gasteiger partial charge in [0.05, 0.1) is 12.1 Å². The molecule has 0 aliphatic heterocycles. The lowest BCUT2D eigenvalue weighted by Gasteiger charge is -1.89. The van der Waals surface area contributed by atoms with Crippen molar-refractivity contribution in [1.82, 2.24) is 20.2 Å². The maximum atomic E-state index is 5.33. The third-order valence-corrected chi connectivity index (χ3v) is 3.72. The van der Waals surface area contributed by atoms with Gasteiger partial charge in [-0.2, -0.15) is 9.90 Å². The van der Waals surface area contributed by atoms with Gasteiger partial charge in [0.2, 0.25) is 0 Å². The Balaban J connectivity index is 1.71. The van der Waals surface area contributed by atoms with Crippen molar-refractivity contribution < 1.29 is 4.52 Å². The number of nitrogens with zero attached hydrogens (tertiary/aromatic N) is 4. The molecular weight excluding hydrogens is 331 g/mol. The van der Waals surface area contributed by atoms with Gasteiger partial charge < -0.3 is 4.52 Å². The predicted molar refractivity (Wildman–Crippen MR) is 69.5 cm³/mol. The van der Waals surface area contributed by atoms with Gasteiger partial charge in [0, 0.05) is 13.1 Å². The van der Waals surface area contributed by atoms with Crippen molar-refractivity contribution in [3.63, 3.8) is 0 Å². The van der Waals surface area contributed by atoms with E-state index >= 15 is 0 Å². The van der Waals surface area contributed by atoms with Gasteiger partial charge in [-0.1, -0.05) is 5.16 Å². The Morgan fingerprint density at radius 1 is 1.47 bits per heavy atom. The lowest BCUT2D eigenvalue weighted by atomic mass is 10.2. The molecule has 0 radical (unpaired) electrons. The van der Waals surface area contributed by atoms with Crippen LogP contribution >= 0.6 is 22.6 Å². The average molecular weight is 344 g/mol. The zero-order chi connectivity index (χ0) is 11.8. The molecular formula is C11H13IN4O. The van der Waals surface area contributed by atoms with E-state index in [0.717, 1.165) is 33.2 Å². The summed E-state index contributed by atoms with van der Waals surface area (Å²) in [6.07, 6.45) is 4.40. The second-order valence-electron chi connectivity index (χ2n) is 4.54. The molecule has 0 atom stereocenters. The predicted octanol–water partition coefficient (Wildman–Crippen LogP) is 1.95. The van der Waals surface area contributed by atoms with E-state index < -0.39 is 0 Å². The molecule has 6 heteroatoms. The fourth-order valence-electron chi connectivity index (χ4n) is 1.85. The van der Waals surface area contributed by atoms with Crippen LogP contribution < -0.4 is 0 Å². The summed E-state index contributed by atoms with van der Waals surface area (Å²) in [5.74, 6) is 1.71. The second kappa shape index (κ2) is 4.40. The summed E-state index contributed by atoms with van der Waals surface area (Å²) in [7, 11) is 1.82. The van der Waals surface area contributed by atoms with Gasteiger partial charge in [0.1, 0.15) is 15.2 Å². The highest BCUT2D eigenvalue weighted by atomic mass is 127. The van der Waals surface area contributed by atoms with E-state index in [1.165, 1.54) is 12.8 Å². The summed E-state index contributed by atoms with van der Waals surface area (Å²) in [5, 5.41) is 12.6. The molecule has 0 N–H and O–H groups in total. The SMILES string of the molecule is Cn1nc(I)c(Cc2cc(CC3CC3)no2)n1. The first-order valence-electron chi connectivity index (χ1n) is 5.71. The van der Waals surface area contributed by atoms with Crippen LogP contribution in [0.25, 0.3) is 0 Å². The van der Waals surface area contributed by atoms with Crippen LogP contribution in [0.15, 0.2) is 10.6 Å². The standard InChI is InChI=1S/C11H13IN4O/c1-16-13-10(11(12)14-16)6-9-5-8(15-17-9)4-7-2-3-7/h5,7H,2-4,6H2,1H3. The first-order chi connectivity index (χ1) is 8.20. The zero-order valence-electron chi connectivity index (χ0n) is 9.56. The van der Waals surface area contributed by atoms with Crippen molar-refractivity contribution in [2.24, 2.45) is 13.0 Å². The molecule has 2 heterocycles. The molecule has 1 aliphatic carbocycles. The Morgan fingerprint density at radius 2 is 2.29 bits per heavy atom. The van der Waals surface area contributed by atoms with Gasteiger partial charge >= 0.3 is 0 Å². The van der Waals surface area contributed by atoms with Crippen molar-refractivity contribution in [1.29, 1.82) is 0 Å². The molecule has 2 aromatic heterocycles. The topological polar surface area (TPSA) is 56.7 Å².